The van der Waals surface area contributed by atoms with Crippen LogP contribution < -0.4 is 4.74 Å². The molecule has 4 rings (SSSR count). The highest BCUT2D eigenvalue weighted by atomic mass is 79.9. The Hall–Kier alpha value is -3.20. The summed E-state index contributed by atoms with van der Waals surface area (Å²) in [6.45, 7) is 0. The van der Waals surface area contributed by atoms with Crippen LogP contribution in [0.25, 0.3) is 0 Å². The molecule has 1 fully saturated rings. The number of nitrogens with zero attached hydrogens (tertiary/aromatic N) is 1. The van der Waals surface area contributed by atoms with Crippen molar-refractivity contribution in [2.24, 2.45) is 5.92 Å². The van der Waals surface area contributed by atoms with Gasteiger partial charge in [0.2, 0.25) is 11.5 Å². The average molecular weight is 488 g/mol. The van der Waals surface area contributed by atoms with Crippen molar-refractivity contribution < 1.29 is 28.7 Å². The van der Waals surface area contributed by atoms with Crippen LogP contribution in [0, 0.1) is 16.0 Å². The number of carbonyl (C=O) groups excluding carboxylic acids is 2. The molecule has 8 nitrogen and oxygen atoms in total. The molecule has 3 atom stereocenters. The molecule has 1 aliphatic heterocycles. The van der Waals surface area contributed by atoms with Crippen LogP contribution in [0.1, 0.15) is 29.6 Å². The molecule has 0 saturated heterocycles. The molecular formula is C22H18BrNO7. The van der Waals surface area contributed by atoms with Gasteiger partial charge >= 0.3 is 5.97 Å². The molecule has 2 aromatic rings. The number of non-ortho nitro benzene ring substituents is 1. The van der Waals surface area contributed by atoms with Crippen molar-refractivity contribution in [3.8, 4) is 5.75 Å². The lowest BCUT2D eigenvalue weighted by atomic mass is 9.80. The number of hydrogen-bond acceptors (Lipinski definition) is 7. The molecule has 2 aromatic carbocycles. The zero-order valence-corrected chi connectivity index (χ0v) is 17.8. The number of allylic oxidation sites excluding steroid dienone is 1. The minimum Gasteiger partial charge on any atom is -0.493 e. The smallest absolute Gasteiger partial charge is 0.338 e. The first kappa shape index (κ1) is 21.0. The molecule has 0 bridgehead atoms. The van der Waals surface area contributed by atoms with Crippen LogP contribution in [0.3, 0.4) is 0 Å². The van der Waals surface area contributed by atoms with Crippen LogP contribution in [0.2, 0.25) is 0 Å². The van der Waals surface area contributed by atoms with Gasteiger partial charge in [0, 0.05) is 18.6 Å². The number of hydrogen-bond donors (Lipinski definition) is 0. The highest BCUT2D eigenvalue weighted by molar-refractivity contribution is 9.10. The number of para-hydroxylation sites is 1. The normalized spacial score (nSPS) is 22.5. The molecule has 9 heteroatoms. The maximum absolute atomic E-state index is 12.9. The predicted octanol–water partition coefficient (Wildman–Crippen LogP) is 4.57. The number of carbonyl (C=O) groups is 2. The number of halogens is 1. The SMILES string of the molecule is O=C(OC1CCC2C(=O)C(Oc3ccccc3Br)=COC2C1)c1ccc([N+](=O)[O-])cc1. The molecule has 0 radical (unpaired) electrons. The van der Waals surface area contributed by atoms with Gasteiger partial charge < -0.3 is 14.2 Å². The quantitative estimate of drug-likeness (QED) is 0.345. The van der Waals surface area contributed by atoms with Gasteiger partial charge in [0.25, 0.3) is 5.69 Å². The van der Waals surface area contributed by atoms with E-state index in [0.29, 0.717) is 25.0 Å². The number of nitro benzene ring substituents is 1. The second-order valence-electron chi connectivity index (χ2n) is 7.30. The first-order valence-corrected chi connectivity index (χ1v) is 10.5. The summed E-state index contributed by atoms with van der Waals surface area (Å²) in [5, 5.41) is 10.7. The summed E-state index contributed by atoms with van der Waals surface area (Å²) in [7, 11) is 0. The van der Waals surface area contributed by atoms with Gasteiger partial charge in [-0.2, -0.15) is 0 Å². The summed E-state index contributed by atoms with van der Waals surface area (Å²) >= 11 is 3.39. The van der Waals surface area contributed by atoms with E-state index in [9.17, 15) is 19.7 Å². The summed E-state index contributed by atoms with van der Waals surface area (Å²) in [4.78, 5) is 35.4. The Morgan fingerprint density at radius 1 is 1.13 bits per heavy atom. The topological polar surface area (TPSA) is 105 Å². The Bertz CT molecular complexity index is 1050. The average Bonchev–Trinajstić information content (AvgIpc) is 2.77. The van der Waals surface area contributed by atoms with Gasteiger partial charge in [-0.05, 0) is 53.0 Å². The summed E-state index contributed by atoms with van der Waals surface area (Å²) in [5.41, 5.74) is 0.135. The second kappa shape index (κ2) is 8.89. The number of fused-ring (bicyclic) bond motifs is 1. The van der Waals surface area contributed by atoms with Crippen LogP contribution in [0.5, 0.6) is 5.75 Å². The van der Waals surface area contributed by atoms with Gasteiger partial charge in [0.1, 0.15) is 24.2 Å². The van der Waals surface area contributed by atoms with Crippen LogP contribution in [0.15, 0.2) is 65.0 Å². The third-order valence-electron chi connectivity index (χ3n) is 5.32. The molecule has 3 unspecified atom stereocenters. The monoisotopic (exact) mass is 487 g/mol. The fraction of sp³-hybridized carbons (Fsp3) is 0.273. The van der Waals surface area contributed by atoms with Crippen molar-refractivity contribution in [3.05, 3.63) is 80.7 Å². The number of ketones is 1. The number of ether oxygens (including phenoxy) is 3. The molecule has 1 heterocycles. The predicted molar refractivity (Wildman–Crippen MR) is 112 cm³/mol. The Morgan fingerprint density at radius 2 is 1.87 bits per heavy atom. The van der Waals surface area contributed by atoms with E-state index in [-0.39, 0.29) is 28.7 Å². The van der Waals surface area contributed by atoms with E-state index < -0.39 is 23.1 Å². The lowest BCUT2D eigenvalue weighted by Gasteiger charge is -2.36. The lowest BCUT2D eigenvalue weighted by Crippen LogP contribution is -2.43. The number of rotatable bonds is 5. The first-order chi connectivity index (χ1) is 14.9. The van der Waals surface area contributed by atoms with Gasteiger partial charge in [0.05, 0.1) is 20.9 Å². The van der Waals surface area contributed by atoms with Crippen LogP contribution in [0.4, 0.5) is 5.69 Å². The minimum atomic E-state index is -0.561. The van der Waals surface area contributed by atoms with Gasteiger partial charge in [-0.25, -0.2) is 4.79 Å². The molecule has 2 aliphatic rings. The summed E-state index contributed by atoms with van der Waals surface area (Å²) in [6, 6.07) is 12.5. The molecule has 0 spiro atoms. The first-order valence-electron chi connectivity index (χ1n) is 9.70. The zero-order chi connectivity index (χ0) is 22.0. The van der Waals surface area contributed by atoms with Gasteiger partial charge in [-0.1, -0.05) is 12.1 Å². The molecule has 31 heavy (non-hydrogen) atoms. The third-order valence-corrected chi connectivity index (χ3v) is 5.97. The van der Waals surface area contributed by atoms with E-state index in [1.54, 1.807) is 6.07 Å². The van der Waals surface area contributed by atoms with E-state index in [1.165, 1.54) is 30.5 Å². The van der Waals surface area contributed by atoms with Crippen molar-refractivity contribution in [3.63, 3.8) is 0 Å². The Labute approximate surface area is 186 Å². The number of esters is 1. The van der Waals surface area contributed by atoms with E-state index in [1.807, 2.05) is 18.2 Å². The maximum atomic E-state index is 12.9. The van der Waals surface area contributed by atoms with Crippen molar-refractivity contribution in [2.75, 3.05) is 0 Å². The second-order valence-corrected chi connectivity index (χ2v) is 8.16. The maximum Gasteiger partial charge on any atom is 0.338 e. The highest BCUT2D eigenvalue weighted by Crippen LogP contribution is 2.36. The standard InChI is InChI=1S/C22H18BrNO7/c23-17-3-1-2-4-18(17)31-20-12-29-19-11-15(9-10-16(19)21(20)25)30-22(26)13-5-7-14(8-6-13)24(27)28/h1-8,12,15-16,19H,9-11H2. The fourth-order valence-corrected chi connectivity index (χ4v) is 4.06. The van der Waals surface area contributed by atoms with Crippen LogP contribution in [-0.2, 0) is 14.3 Å². The van der Waals surface area contributed by atoms with Gasteiger partial charge in [-0.3, -0.25) is 14.9 Å². The third kappa shape index (κ3) is 4.61. The summed E-state index contributed by atoms with van der Waals surface area (Å²) in [5.74, 6) is -0.387. The zero-order valence-electron chi connectivity index (χ0n) is 16.2. The Morgan fingerprint density at radius 3 is 2.58 bits per heavy atom. The number of nitro groups is 1. The van der Waals surface area contributed by atoms with Crippen molar-refractivity contribution in [1.82, 2.24) is 0 Å². The Balaban J connectivity index is 1.38. The largest absolute Gasteiger partial charge is 0.493 e. The van der Waals surface area contributed by atoms with Gasteiger partial charge in [0.15, 0.2) is 0 Å². The lowest BCUT2D eigenvalue weighted by molar-refractivity contribution is -0.384. The summed E-state index contributed by atoms with van der Waals surface area (Å²) in [6.07, 6.45) is 1.91. The van der Waals surface area contributed by atoms with Crippen molar-refractivity contribution in [1.29, 1.82) is 0 Å². The van der Waals surface area contributed by atoms with E-state index in [2.05, 4.69) is 15.9 Å². The fourth-order valence-electron chi connectivity index (χ4n) is 3.70. The molecular weight excluding hydrogens is 470 g/mol. The number of Topliss-reactive ketones (excluding diaryl/α,β-unsaturated/α-hetero) is 1. The van der Waals surface area contributed by atoms with Crippen LogP contribution in [-0.4, -0.2) is 28.9 Å². The number of benzene rings is 2. The summed E-state index contributed by atoms with van der Waals surface area (Å²) < 4.78 is 17.7. The molecule has 0 N–H and O–H groups in total. The van der Waals surface area contributed by atoms with E-state index in [0.717, 1.165) is 4.47 Å². The minimum absolute atomic E-state index is 0.0986. The van der Waals surface area contributed by atoms with Crippen molar-refractivity contribution >= 4 is 33.4 Å². The molecule has 0 aromatic heterocycles. The van der Waals surface area contributed by atoms with E-state index in [4.69, 9.17) is 14.2 Å². The van der Waals surface area contributed by atoms with Crippen LogP contribution >= 0.6 is 15.9 Å². The Kier molecular flexibility index (Phi) is 6.03. The molecule has 1 saturated carbocycles. The van der Waals surface area contributed by atoms with Gasteiger partial charge in [-0.15, -0.1) is 0 Å². The molecule has 0 amide bonds. The van der Waals surface area contributed by atoms with E-state index >= 15 is 0 Å². The van der Waals surface area contributed by atoms with Crippen molar-refractivity contribution in [2.45, 2.75) is 31.5 Å². The highest BCUT2D eigenvalue weighted by Gasteiger charge is 2.42. The molecule has 160 valence electrons. The molecule has 1 aliphatic carbocycles.